The van der Waals surface area contributed by atoms with E-state index in [1.54, 1.807) is 12.3 Å². The number of aromatic nitrogens is 1. The zero-order chi connectivity index (χ0) is 20.8. The van der Waals surface area contributed by atoms with E-state index < -0.39 is 11.4 Å². The summed E-state index contributed by atoms with van der Waals surface area (Å²) in [6.45, 7) is 1.26. The van der Waals surface area contributed by atoms with Crippen molar-refractivity contribution in [3.63, 3.8) is 0 Å². The lowest BCUT2D eigenvalue weighted by molar-refractivity contribution is -0.196. The summed E-state index contributed by atoms with van der Waals surface area (Å²) in [7, 11) is 0. The summed E-state index contributed by atoms with van der Waals surface area (Å²) in [4.78, 5) is 28.3. The van der Waals surface area contributed by atoms with Crippen molar-refractivity contribution in [2.45, 2.75) is 43.9 Å². The van der Waals surface area contributed by atoms with Crippen LogP contribution in [0, 0.1) is 5.41 Å². The highest BCUT2D eigenvalue weighted by atomic mass is 16.5. The summed E-state index contributed by atoms with van der Waals surface area (Å²) in [6.07, 6.45) is 4.30. The third-order valence-corrected chi connectivity index (χ3v) is 6.41. The molecule has 30 heavy (non-hydrogen) atoms. The molecule has 4 fully saturated rings. The van der Waals surface area contributed by atoms with E-state index in [2.05, 4.69) is 21.2 Å². The third kappa shape index (κ3) is 3.32. The Morgan fingerprint density at radius 2 is 2.07 bits per heavy atom. The summed E-state index contributed by atoms with van der Waals surface area (Å²) >= 11 is 0. The number of carbonyl (C=O) groups excluding carboxylic acids is 1. The highest BCUT2D eigenvalue weighted by molar-refractivity contribution is 5.96. The van der Waals surface area contributed by atoms with E-state index >= 15 is 0 Å². The zero-order valence-electron chi connectivity index (χ0n) is 16.5. The van der Waals surface area contributed by atoms with Crippen LogP contribution in [-0.4, -0.2) is 34.1 Å². The van der Waals surface area contributed by atoms with Gasteiger partial charge in [-0.2, -0.15) is 0 Å². The molecule has 2 bridgehead atoms. The van der Waals surface area contributed by atoms with Gasteiger partial charge in [0.1, 0.15) is 12.4 Å². The van der Waals surface area contributed by atoms with E-state index in [-0.39, 0.29) is 17.5 Å². The number of aliphatic carboxylic acids is 1. The summed E-state index contributed by atoms with van der Waals surface area (Å²) in [5.41, 5.74) is 7.76. The topological polar surface area (TPSA) is 113 Å². The Balaban J connectivity index is 1.16. The molecule has 1 aromatic heterocycles. The van der Waals surface area contributed by atoms with Gasteiger partial charge in [-0.3, -0.25) is 20.0 Å². The summed E-state index contributed by atoms with van der Waals surface area (Å²) in [6, 6.07) is 11.4. The largest absolute Gasteiger partial charge is 0.487 e. The van der Waals surface area contributed by atoms with Crippen molar-refractivity contribution in [3.8, 4) is 5.75 Å². The van der Waals surface area contributed by atoms with Crippen LogP contribution in [-0.2, 0) is 11.4 Å². The van der Waals surface area contributed by atoms with Crippen molar-refractivity contribution in [2.24, 2.45) is 5.41 Å². The standard InChI is InChI=1S/C22H24N4O4/c27-19(25-22-11-21(12-22,13-22)20(28)29)15-3-1-2-14(8-15)10-30-16-4-5-17(23-9-16)18-6-7-24-26-18/h1-5,8-9,18,24,26H,6-7,10-13H2,(H,25,27)(H,28,29). The molecule has 3 saturated carbocycles. The molecule has 1 amide bonds. The molecule has 4 aliphatic rings. The molecule has 3 aliphatic carbocycles. The number of carboxylic acid groups (broad SMARTS) is 1. The molecule has 6 rings (SSSR count). The van der Waals surface area contributed by atoms with Crippen LogP contribution in [0.25, 0.3) is 0 Å². The molecule has 1 unspecified atom stereocenters. The van der Waals surface area contributed by atoms with Gasteiger partial charge in [0, 0.05) is 17.6 Å². The number of nitrogens with one attached hydrogen (secondary N) is 3. The van der Waals surface area contributed by atoms with Crippen molar-refractivity contribution in [1.82, 2.24) is 21.2 Å². The van der Waals surface area contributed by atoms with Gasteiger partial charge in [-0.1, -0.05) is 12.1 Å². The minimum absolute atomic E-state index is 0.167. The van der Waals surface area contributed by atoms with Crippen LogP contribution in [0.4, 0.5) is 0 Å². The monoisotopic (exact) mass is 408 g/mol. The van der Waals surface area contributed by atoms with Crippen LogP contribution in [0.1, 0.15) is 53.3 Å². The summed E-state index contributed by atoms with van der Waals surface area (Å²) < 4.78 is 5.83. The van der Waals surface area contributed by atoms with Gasteiger partial charge >= 0.3 is 5.97 Å². The van der Waals surface area contributed by atoms with E-state index in [9.17, 15) is 14.7 Å². The molecular weight excluding hydrogens is 384 g/mol. The Kier molecular flexibility index (Phi) is 4.48. The van der Waals surface area contributed by atoms with Gasteiger partial charge in [-0.15, -0.1) is 0 Å². The molecule has 156 valence electrons. The Hall–Kier alpha value is -2.97. The van der Waals surface area contributed by atoms with Crippen molar-refractivity contribution in [1.29, 1.82) is 0 Å². The van der Waals surface area contributed by atoms with E-state index in [4.69, 9.17) is 4.74 Å². The fourth-order valence-corrected chi connectivity index (χ4v) is 4.82. The van der Waals surface area contributed by atoms with Crippen LogP contribution in [0.5, 0.6) is 5.75 Å². The number of benzene rings is 1. The Bertz CT molecular complexity index is 965. The van der Waals surface area contributed by atoms with E-state index in [1.165, 1.54) is 0 Å². The number of carbonyl (C=O) groups is 2. The molecule has 1 saturated heterocycles. The Morgan fingerprint density at radius 3 is 2.73 bits per heavy atom. The molecule has 0 radical (unpaired) electrons. The van der Waals surface area contributed by atoms with Crippen LogP contribution < -0.4 is 20.9 Å². The summed E-state index contributed by atoms with van der Waals surface area (Å²) in [5.74, 6) is -0.247. The molecule has 8 nitrogen and oxygen atoms in total. The quantitative estimate of drug-likeness (QED) is 0.554. The smallest absolute Gasteiger partial charge is 0.309 e. The average Bonchev–Trinajstić information content (AvgIpc) is 3.23. The lowest BCUT2D eigenvalue weighted by Gasteiger charge is -2.67. The van der Waals surface area contributed by atoms with Gasteiger partial charge < -0.3 is 15.2 Å². The van der Waals surface area contributed by atoms with Crippen LogP contribution in [0.15, 0.2) is 42.6 Å². The van der Waals surface area contributed by atoms with Crippen molar-refractivity contribution in [3.05, 3.63) is 59.4 Å². The van der Waals surface area contributed by atoms with Crippen molar-refractivity contribution in [2.75, 3.05) is 6.54 Å². The molecule has 1 aliphatic heterocycles. The Labute approximate surface area is 174 Å². The first-order chi connectivity index (χ1) is 14.5. The molecular formula is C22H24N4O4. The second-order valence-electron chi connectivity index (χ2n) is 8.67. The first kappa shape index (κ1) is 19.0. The number of pyridine rings is 1. The first-order valence-corrected chi connectivity index (χ1v) is 10.2. The lowest BCUT2D eigenvalue weighted by Crippen LogP contribution is -2.77. The van der Waals surface area contributed by atoms with E-state index in [1.807, 2.05) is 30.3 Å². The van der Waals surface area contributed by atoms with Gasteiger partial charge in [0.05, 0.1) is 23.3 Å². The number of ether oxygens (including phenoxy) is 1. The minimum atomic E-state index is -0.753. The number of nitrogens with zero attached hydrogens (tertiary/aromatic N) is 1. The highest BCUT2D eigenvalue weighted by Gasteiger charge is 2.72. The average molecular weight is 408 g/mol. The van der Waals surface area contributed by atoms with Crippen LogP contribution in [0.3, 0.4) is 0 Å². The number of hydrogen-bond donors (Lipinski definition) is 4. The van der Waals surface area contributed by atoms with Gasteiger partial charge in [-0.05, 0) is 55.5 Å². The number of hydrogen-bond acceptors (Lipinski definition) is 6. The van der Waals surface area contributed by atoms with Gasteiger partial charge in [-0.25, -0.2) is 5.43 Å². The fraction of sp³-hybridized carbons (Fsp3) is 0.409. The molecule has 8 heteroatoms. The number of hydrazine groups is 1. The third-order valence-electron chi connectivity index (χ3n) is 6.41. The predicted octanol–water partition coefficient (Wildman–Crippen LogP) is 1.94. The maximum atomic E-state index is 12.6. The van der Waals surface area contributed by atoms with Crippen molar-refractivity contribution < 1.29 is 19.4 Å². The normalized spacial score (nSPS) is 28.9. The molecule has 4 N–H and O–H groups in total. The number of carboxylic acids is 1. The number of amides is 1. The molecule has 0 spiro atoms. The molecule has 2 aromatic rings. The SMILES string of the molecule is O=C(NC12CC(C(=O)O)(C1)C2)c1cccc(COc2ccc(C3CCNN3)nc2)c1. The minimum Gasteiger partial charge on any atom is -0.487 e. The maximum absolute atomic E-state index is 12.6. The van der Waals surface area contributed by atoms with Gasteiger partial charge in [0.25, 0.3) is 5.91 Å². The van der Waals surface area contributed by atoms with Crippen LogP contribution in [0.2, 0.25) is 0 Å². The van der Waals surface area contributed by atoms with Crippen LogP contribution >= 0.6 is 0 Å². The maximum Gasteiger partial charge on any atom is 0.309 e. The van der Waals surface area contributed by atoms with E-state index in [0.717, 1.165) is 24.2 Å². The predicted molar refractivity (Wildman–Crippen MR) is 108 cm³/mol. The van der Waals surface area contributed by atoms with Gasteiger partial charge in [0.15, 0.2) is 0 Å². The molecule has 1 atom stereocenters. The second kappa shape index (κ2) is 7.07. The van der Waals surface area contributed by atoms with E-state index in [0.29, 0.717) is 37.2 Å². The first-order valence-electron chi connectivity index (χ1n) is 10.2. The second-order valence-corrected chi connectivity index (χ2v) is 8.67. The highest BCUT2D eigenvalue weighted by Crippen LogP contribution is 2.67. The Morgan fingerprint density at radius 1 is 1.23 bits per heavy atom. The van der Waals surface area contributed by atoms with Gasteiger partial charge in [0.2, 0.25) is 0 Å². The zero-order valence-corrected chi connectivity index (χ0v) is 16.5. The number of rotatable bonds is 7. The van der Waals surface area contributed by atoms with Crippen molar-refractivity contribution >= 4 is 11.9 Å². The summed E-state index contributed by atoms with van der Waals surface area (Å²) in [5, 5.41) is 12.2. The molecule has 1 aromatic carbocycles. The lowest BCUT2D eigenvalue weighted by atomic mass is 9.39. The fourth-order valence-electron chi connectivity index (χ4n) is 4.82. The molecule has 2 heterocycles.